The van der Waals surface area contributed by atoms with Gasteiger partial charge in [-0.1, -0.05) is 27.2 Å². The lowest BCUT2D eigenvalue weighted by atomic mass is 9.95. The Morgan fingerprint density at radius 3 is 2.26 bits per heavy atom. The number of carboxylic acids is 1. The minimum Gasteiger partial charge on any atom is -0.480 e. The summed E-state index contributed by atoms with van der Waals surface area (Å²) in [5.41, 5.74) is -0.769. The number of nitrogens with zero attached hydrogens (tertiary/aromatic N) is 1. The molecule has 0 aromatic rings. The molecule has 0 bridgehead atoms. The summed E-state index contributed by atoms with van der Waals surface area (Å²) in [7, 11) is 0. The summed E-state index contributed by atoms with van der Waals surface area (Å²) in [6, 6.07) is 0. The maximum absolute atomic E-state index is 11.3. The van der Waals surface area contributed by atoms with Crippen molar-refractivity contribution in [3.63, 3.8) is 0 Å². The number of carbonyl (C=O) groups is 1. The quantitative estimate of drug-likeness (QED) is 0.536. The molecule has 4 nitrogen and oxygen atoms in total. The molecule has 0 aliphatic heterocycles. The molecule has 0 spiro atoms. The minimum absolute atomic E-state index is 0.695. The van der Waals surface area contributed by atoms with Crippen LogP contribution in [-0.4, -0.2) is 47.7 Å². The molecule has 1 atom stereocenters. The topological polar surface area (TPSA) is 52.6 Å². The summed E-state index contributed by atoms with van der Waals surface area (Å²) >= 11 is 0. The molecule has 0 saturated heterocycles. The zero-order valence-electron chi connectivity index (χ0n) is 13.2. The van der Waals surface area contributed by atoms with Crippen LogP contribution in [0.2, 0.25) is 0 Å². The second kappa shape index (κ2) is 10.2. The Bertz CT molecular complexity index is 246. The van der Waals surface area contributed by atoms with Gasteiger partial charge in [-0.25, -0.2) is 0 Å². The van der Waals surface area contributed by atoms with Gasteiger partial charge in [0, 0.05) is 0 Å². The molecule has 19 heavy (non-hydrogen) atoms. The Labute approximate surface area is 118 Å². The van der Waals surface area contributed by atoms with Crippen molar-refractivity contribution >= 4 is 5.97 Å². The van der Waals surface area contributed by atoms with E-state index in [9.17, 15) is 9.90 Å². The van der Waals surface area contributed by atoms with Crippen LogP contribution < -0.4 is 5.32 Å². The highest BCUT2D eigenvalue weighted by molar-refractivity contribution is 5.78. The number of carboxylic acid groups (broad SMARTS) is 1. The minimum atomic E-state index is -0.769. The summed E-state index contributed by atoms with van der Waals surface area (Å²) in [4.78, 5) is 13.7. The third kappa shape index (κ3) is 7.53. The van der Waals surface area contributed by atoms with Gasteiger partial charge in [0.2, 0.25) is 0 Å². The number of rotatable bonds is 12. The number of likely N-dealkylation sites (N-methyl/N-ethyl adjacent to an activating group) is 1. The van der Waals surface area contributed by atoms with E-state index in [2.05, 4.69) is 24.1 Å². The van der Waals surface area contributed by atoms with Gasteiger partial charge in [0.15, 0.2) is 0 Å². The first-order valence-electron chi connectivity index (χ1n) is 7.70. The standard InChI is InChI=1S/C15H32N2O2/c1-5-8-12-17(7-3)13-10-9-11-15(4,14(18)19)16-6-2/h16H,5-13H2,1-4H3,(H,18,19). The molecular weight excluding hydrogens is 240 g/mol. The lowest BCUT2D eigenvalue weighted by Crippen LogP contribution is -2.49. The van der Waals surface area contributed by atoms with Gasteiger partial charge in [-0.3, -0.25) is 4.79 Å². The third-order valence-electron chi connectivity index (χ3n) is 3.72. The van der Waals surface area contributed by atoms with Gasteiger partial charge in [0.1, 0.15) is 5.54 Å². The predicted molar refractivity (Wildman–Crippen MR) is 80.6 cm³/mol. The third-order valence-corrected chi connectivity index (χ3v) is 3.72. The van der Waals surface area contributed by atoms with Crippen molar-refractivity contribution in [2.75, 3.05) is 26.2 Å². The lowest BCUT2D eigenvalue weighted by molar-refractivity contribution is -0.144. The van der Waals surface area contributed by atoms with Gasteiger partial charge >= 0.3 is 5.97 Å². The normalized spacial score (nSPS) is 14.6. The van der Waals surface area contributed by atoms with Gasteiger partial charge < -0.3 is 15.3 Å². The summed E-state index contributed by atoms with van der Waals surface area (Å²) in [5.74, 6) is -0.743. The van der Waals surface area contributed by atoms with E-state index in [0.29, 0.717) is 13.0 Å². The molecule has 0 aliphatic carbocycles. The Balaban J connectivity index is 3.95. The highest BCUT2D eigenvalue weighted by Gasteiger charge is 2.30. The van der Waals surface area contributed by atoms with Crippen LogP contribution in [-0.2, 0) is 4.79 Å². The molecule has 0 saturated carbocycles. The lowest BCUT2D eigenvalue weighted by Gasteiger charge is -2.26. The Morgan fingerprint density at radius 1 is 1.16 bits per heavy atom. The molecule has 0 radical (unpaired) electrons. The van der Waals surface area contributed by atoms with Crippen LogP contribution in [0.25, 0.3) is 0 Å². The van der Waals surface area contributed by atoms with Crippen LogP contribution in [0.3, 0.4) is 0 Å². The van der Waals surface area contributed by atoms with E-state index in [4.69, 9.17) is 0 Å². The summed E-state index contributed by atoms with van der Waals surface area (Å²) in [6.45, 7) is 12.2. The molecule has 114 valence electrons. The van der Waals surface area contributed by atoms with Crippen molar-refractivity contribution in [1.82, 2.24) is 10.2 Å². The van der Waals surface area contributed by atoms with E-state index < -0.39 is 11.5 Å². The first kappa shape index (κ1) is 18.4. The Kier molecular flexibility index (Phi) is 9.88. The fraction of sp³-hybridized carbons (Fsp3) is 0.933. The molecule has 0 aromatic carbocycles. The van der Waals surface area contributed by atoms with Gasteiger partial charge in [0.25, 0.3) is 0 Å². The molecule has 2 N–H and O–H groups in total. The molecule has 0 aliphatic rings. The zero-order chi connectivity index (χ0) is 14.7. The number of nitrogens with one attached hydrogen (secondary N) is 1. The highest BCUT2D eigenvalue weighted by Crippen LogP contribution is 2.14. The molecule has 0 amide bonds. The van der Waals surface area contributed by atoms with Gasteiger partial charge in [0.05, 0.1) is 0 Å². The number of unbranched alkanes of at least 4 members (excludes halogenated alkanes) is 2. The van der Waals surface area contributed by atoms with Crippen LogP contribution >= 0.6 is 0 Å². The van der Waals surface area contributed by atoms with Crippen LogP contribution in [0.15, 0.2) is 0 Å². The summed E-state index contributed by atoms with van der Waals surface area (Å²) in [6.07, 6.45) is 5.21. The van der Waals surface area contributed by atoms with Crippen molar-refractivity contribution in [2.45, 2.75) is 65.3 Å². The Morgan fingerprint density at radius 2 is 1.79 bits per heavy atom. The SMILES string of the molecule is CCCCN(CC)CCCCC(C)(NCC)C(=O)O. The molecule has 0 rings (SSSR count). The monoisotopic (exact) mass is 272 g/mol. The molecule has 1 unspecified atom stereocenters. The highest BCUT2D eigenvalue weighted by atomic mass is 16.4. The molecule has 4 heteroatoms. The van der Waals surface area contributed by atoms with Crippen molar-refractivity contribution in [2.24, 2.45) is 0 Å². The van der Waals surface area contributed by atoms with Crippen molar-refractivity contribution in [3.05, 3.63) is 0 Å². The van der Waals surface area contributed by atoms with E-state index in [1.54, 1.807) is 6.92 Å². The van der Waals surface area contributed by atoms with Crippen molar-refractivity contribution in [3.8, 4) is 0 Å². The summed E-state index contributed by atoms with van der Waals surface area (Å²) in [5, 5.41) is 12.3. The fourth-order valence-electron chi connectivity index (χ4n) is 2.28. The second-order valence-electron chi connectivity index (χ2n) is 5.41. The van der Waals surface area contributed by atoms with E-state index in [0.717, 1.165) is 32.5 Å². The van der Waals surface area contributed by atoms with Gasteiger partial charge in [-0.15, -0.1) is 0 Å². The van der Waals surface area contributed by atoms with Crippen molar-refractivity contribution in [1.29, 1.82) is 0 Å². The fourth-order valence-corrected chi connectivity index (χ4v) is 2.28. The Hall–Kier alpha value is -0.610. The first-order chi connectivity index (χ1) is 9.00. The van der Waals surface area contributed by atoms with Crippen LogP contribution in [0, 0.1) is 0 Å². The second-order valence-corrected chi connectivity index (χ2v) is 5.41. The molecule has 0 fully saturated rings. The number of hydrogen-bond acceptors (Lipinski definition) is 3. The van der Waals surface area contributed by atoms with E-state index in [1.165, 1.54) is 12.8 Å². The smallest absolute Gasteiger partial charge is 0.323 e. The molecule has 0 heterocycles. The van der Waals surface area contributed by atoms with E-state index >= 15 is 0 Å². The van der Waals surface area contributed by atoms with Crippen LogP contribution in [0.4, 0.5) is 0 Å². The zero-order valence-corrected chi connectivity index (χ0v) is 13.2. The van der Waals surface area contributed by atoms with E-state index in [1.807, 2.05) is 6.92 Å². The summed E-state index contributed by atoms with van der Waals surface area (Å²) < 4.78 is 0. The number of aliphatic carboxylic acids is 1. The average molecular weight is 272 g/mol. The molecule has 0 aromatic heterocycles. The van der Waals surface area contributed by atoms with Crippen LogP contribution in [0.1, 0.15) is 59.8 Å². The molecular formula is C15H32N2O2. The van der Waals surface area contributed by atoms with Gasteiger partial charge in [-0.2, -0.15) is 0 Å². The van der Waals surface area contributed by atoms with Crippen LogP contribution in [0.5, 0.6) is 0 Å². The number of hydrogen-bond donors (Lipinski definition) is 2. The largest absolute Gasteiger partial charge is 0.480 e. The maximum atomic E-state index is 11.3. The van der Waals surface area contributed by atoms with E-state index in [-0.39, 0.29) is 0 Å². The van der Waals surface area contributed by atoms with Gasteiger partial charge in [-0.05, 0) is 58.8 Å². The maximum Gasteiger partial charge on any atom is 0.323 e. The van der Waals surface area contributed by atoms with Crippen molar-refractivity contribution < 1.29 is 9.90 Å². The predicted octanol–water partition coefficient (Wildman–Crippen LogP) is 2.73. The first-order valence-corrected chi connectivity index (χ1v) is 7.70. The average Bonchev–Trinajstić information content (AvgIpc) is 2.38.